The monoisotopic (exact) mass is 301 g/mol. The molecule has 0 saturated heterocycles. The summed E-state index contributed by atoms with van der Waals surface area (Å²) in [6.07, 6.45) is 2.75. The van der Waals surface area contributed by atoms with Crippen molar-refractivity contribution in [1.82, 2.24) is 5.32 Å². The van der Waals surface area contributed by atoms with Crippen LogP contribution in [0.3, 0.4) is 0 Å². The van der Waals surface area contributed by atoms with Crippen molar-refractivity contribution in [2.45, 2.75) is 24.7 Å². The molecule has 2 aromatic rings. The molecule has 1 amide bonds. The van der Waals surface area contributed by atoms with Gasteiger partial charge in [0.15, 0.2) is 0 Å². The molecule has 1 aromatic carbocycles. The smallest absolute Gasteiger partial charge is 0.223 e. The van der Waals surface area contributed by atoms with E-state index in [9.17, 15) is 4.79 Å². The van der Waals surface area contributed by atoms with Crippen LogP contribution in [-0.2, 0) is 10.2 Å². The lowest BCUT2D eigenvalue weighted by molar-refractivity contribution is -0.121. The van der Waals surface area contributed by atoms with Gasteiger partial charge in [-0.1, -0.05) is 24.3 Å². The summed E-state index contributed by atoms with van der Waals surface area (Å²) >= 11 is 1.78. The van der Waals surface area contributed by atoms with Crippen molar-refractivity contribution in [2.75, 3.05) is 13.2 Å². The van der Waals surface area contributed by atoms with Gasteiger partial charge in [-0.2, -0.15) is 0 Å². The molecular weight excluding hydrogens is 282 g/mol. The second-order valence-electron chi connectivity index (χ2n) is 5.45. The Morgan fingerprint density at radius 3 is 2.67 bits per heavy atom. The van der Waals surface area contributed by atoms with E-state index in [1.165, 1.54) is 17.7 Å². The third-order valence-corrected chi connectivity index (χ3v) is 4.98. The molecule has 1 saturated carbocycles. The van der Waals surface area contributed by atoms with Crippen LogP contribution in [0.5, 0.6) is 5.75 Å². The fourth-order valence-electron chi connectivity index (χ4n) is 2.38. The standard InChI is InChI=1S/C17H19NO2S/c19-16(8-11-20-14-5-2-1-3-6-14)18-13-17(9-10-17)15-7-4-12-21-15/h1-7,12H,8-11,13H2,(H,18,19). The molecule has 0 atom stereocenters. The highest BCUT2D eigenvalue weighted by atomic mass is 32.1. The van der Waals surface area contributed by atoms with Gasteiger partial charge >= 0.3 is 0 Å². The number of rotatable bonds is 7. The Hall–Kier alpha value is -1.81. The summed E-state index contributed by atoms with van der Waals surface area (Å²) in [5, 5.41) is 5.15. The van der Waals surface area contributed by atoms with E-state index >= 15 is 0 Å². The molecule has 4 heteroatoms. The van der Waals surface area contributed by atoms with Crippen LogP contribution in [0.15, 0.2) is 47.8 Å². The first kappa shape index (κ1) is 14.1. The molecule has 110 valence electrons. The Morgan fingerprint density at radius 2 is 2.00 bits per heavy atom. The topological polar surface area (TPSA) is 38.3 Å². The van der Waals surface area contributed by atoms with Crippen LogP contribution >= 0.6 is 11.3 Å². The minimum absolute atomic E-state index is 0.0637. The van der Waals surface area contributed by atoms with Crippen molar-refractivity contribution < 1.29 is 9.53 Å². The Bertz CT molecular complexity index is 576. The SMILES string of the molecule is O=C(CCOc1ccccc1)NCC1(c2cccs2)CC1. The van der Waals surface area contributed by atoms with E-state index in [-0.39, 0.29) is 11.3 Å². The minimum atomic E-state index is 0.0637. The highest BCUT2D eigenvalue weighted by Gasteiger charge is 2.45. The number of carbonyl (C=O) groups is 1. The highest BCUT2D eigenvalue weighted by molar-refractivity contribution is 7.10. The molecule has 3 rings (SSSR count). The molecule has 1 aliphatic rings. The van der Waals surface area contributed by atoms with Gasteiger partial charge in [-0.25, -0.2) is 0 Å². The zero-order valence-electron chi connectivity index (χ0n) is 11.9. The Morgan fingerprint density at radius 1 is 1.19 bits per heavy atom. The Labute approximate surface area is 129 Å². The average molecular weight is 301 g/mol. The molecule has 1 fully saturated rings. The molecule has 0 aliphatic heterocycles. The lowest BCUT2D eigenvalue weighted by atomic mass is 10.1. The zero-order chi connectivity index (χ0) is 14.5. The van der Waals surface area contributed by atoms with Crippen LogP contribution in [-0.4, -0.2) is 19.1 Å². The van der Waals surface area contributed by atoms with Gasteiger partial charge in [-0.05, 0) is 36.4 Å². The van der Waals surface area contributed by atoms with Gasteiger partial charge in [0.25, 0.3) is 0 Å². The van der Waals surface area contributed by atoms with E-state index in [2.05, 4.69) is 22.8 Å². The van der Waals surface area contributed by atoms with Gasteiger partial charge in [-0.3, -0.25) is 4.79 Å². The van der Waals surface area contributed by atoms with Crippen LogP contribution in [0.2, 0.25) is 0 Å². The molecule has 21 heavy (non-hydrogen) atoms. The van der Waals surface area contributed by atoms with Crippen LogP contribution in [0.1, 0.15) is 24.1 Å². The third kappa shape index (κ3) is 3.64. The summed E-state index contributed by atoms with van der Waals surface area (Å²) in [5.74, 6) is 0.872. The Balaban J connectivity index is 1.39. The third-order valence-electron chi connectivity index (χ3n) is 3.86. The Kier molecular flexibility index (Phi) is 4.25. The molecule has 0 bridgehead atoms. The summed E-state index contributed by atoms with van der Waals surface area (Å²) in [4.78, 5) is 13.3. The normalized spacial score (nSPS) is 15.4. The van der Waals surface area contributed by atoms with E-state index in [0.29, 0.717) is 13.0 Å². The van der Waals surface area contributed by atoms with Gasteiger partial charge in [0, 0.05) is 16.8 Å². The molecule has 1 aromatic heterocycles. The minimum Gasteiger partial charge on any atom is -0.493 e. The lowest BCUT2D eigenvalue weighted by Gasteiger charge is -2.14. The maximum atomic E-state index is 11.9. The summed E-state index contributed by atoms with van der Waals surface area (Å²) in [5.41, 5.74) is 0.212. The van der Waals surface area contributed by atoms with Crippen molar-refractivity contribution in [3.8, 4) is 5.75 Å². The number of para-hydroxylation sites is 1. The molecule has 0 spiro atoms. The number of thiophene rings is 1. The van der Waals surface area contributed by atoms with E-state index in [4.69, 9.17) is 4.74 Å². The zero-order valence-corrected chi connectivity index (χ0v) is 12.7. The molecule has 3 nitrogen and oxygen atoms in total. The summed E-state index contributed by atoms with van der Waals surface area (Å²) < 4.78 is 5.54. The van der Waals surface area contributed by atoms with E-state index in [1.54, 1.807) is 11.3 Å². The van der Waals surface area contributed by atoms with Gasteiger partial charge in [0.1, 0.15) is 5.75 Å². The van der Waals surface area contributed by atoms with Crippen molar-refractivity contribution >= 4 is 17.2 Å². The predicted octanol–water partition coefficient (Wildman–Crippen LogP) is 3.37. The molecule has 0 unspecified atom stereocenters. The molecule has 0 radical (unpaired) electrons. The number of nitrogens with one attached hydrogen (secondary N) is 1. The highest BCUT2D eigenvalue weighted by Crippen LogP contribution is 2.49. The number of carbonyl (C=O) groups excluding carboxylic acids is 1. The van der Waals surface area contributed by atoms with Crippen molar-refractivity contribution in [3.05, 3.63) is 52.7 Å². The summed E-state index contributed by atoms with van der Waals surface area (Å²) in [7, 11) is 0. The number of hydrogen-bond donors (Lipinski definition) is 1. The van der Waals surface area contributed by atoms with Crippen molar-refractivity contribution in [2.24, 2.45) is 0 Å². The first-order valence-electron chi connectivity index (χ1n) is 7.27. The average Bonchev–Trinajstić information content (AvgIpc) is 3.09. The van der Waals surface area contributed by atoms with Crippen LogP contribution in [0.4, 0.5) is 0 Å². The van der Waals surface area contributed by atoms with Gasteiger partial charge in [0.05, 0.1) is 13.0 Å². The first-order chi connectivity index (χ1) is 10.3. The van der Waals surface area contributed by atoms with E-state index in [1.807, 2.05) is 30.3 Å². The maximum absolute atomic E-state index is 11.9. The lowest BCUT2D eigenvalue weighted by Crippen LogP contribution is -2.32. The molecule has 1 N–H and O–H groups in total. The number of ether oxygens (including phenoxy) is 1. The molecule has 1 aliphatic carbocycles. The van der Waals surface area contributed by atoms with Gasteiger partial charge < -0.3 is 10.1 Å². The number of benzene rings is 1. The molecular formula is C17H19NO2S. The van der Waals surface area contributed by atoms with Gasteiger partial charge in [0.2, 0.25) is 5.91 Å². The van der Waals surface area contributed by atoms with Crippen LogP contribution in [0, 0.1) is 0 Å². The summed E-state index contributed by atoms with van der Waals surface area (Å²) in [6, 6.07) is 13.8. The number of hydrogen-bond acceptors (Lipinski definition) is 3. The fourth-order valence-corrected chi connectivity index (χ4v) is 3.36. The maximum Gasteiger partial charge on any atom is 0.223 e. The van der Waals surface area contributed by atoms with Crippen LogP contribution < -0.4 is 10.1 Å². The van der Waals surface area contributed by atoms with E-state index in [0.717, 1.165) is 12.3 Å². The molecule has 1 heterocycles. The number of amides is 1. The largest absolute Gasteiger partial charge is 0.493 e. The van der Waals surface area contributed by atoms with Crippen LogP contribution in [0.25, 0.3) is 0 Å². The van der Waals surface area contributed by atoms with E-state index < -0.39 is 0 Å². The second kappa shape index (κ2) is 6.31. The first-order valence-corrected chi connectivity index (χ1v) is 8.15. The fraction of sp³-hybridized carbons (Fsp3) is 0.353. The van der Waals surface area contributed by atoms with Crippen molar-refractivity contribution in [3.63, 3.8) is 0 Å². The quantitative estimate of drug-likeness (QED) is 0.851. The summed E-state index contributed by atoms with van der Waals surface area (Å²) in [6.45, 7) is 1.17. The van der Waals surface area contributed by atoms with Gasteiger partial charge in [-0.15, -0.1) is 11.3 Å². The predicted molar refractivity (Wildman–Crippen MR) is 84.8 cm³/mol. The second-order valence-corrected chi connectivity index (χ2v) is 6.39. The van der Waals surface area contributed by atoms with Crippen molar-refractivity contribution in [1.29, 1.82) is 0 Å².